The summed E-state index contributed by atoms with van der Waals surface area (Å²) in [4.78, 5) is 15.4. The highest BCUT2D eigenvalue weighted by Crippen LogP contribution is 2.50. The van der Waals surface area contributed by atoms with Gasteiger partial charge < -0.3 is 13.6 Å². The molecular formula is C64H36N6OS. The van der Waals surface area contributed by atoms with E-state index in [1.807, 2.05) is 96.3 Å². The van der Waals surface area contributed by atoms with Gasteiger partial charge in [-0.3, -0.25) is 0 Å². The van der Waals surface area contributed by atoms with Gasteiger partial charge in [0.05, 0.1) is 44.3 Å². The molecular weight excluding hydrogens is 901 g/mol. The van der Waals surface area contributed by atoms with E-state index in [2.05, 4.69) is 149 Å². The van der Waals surface area contributed by atoms with Crippen molar-refractivity contribution < 1.29 is 4.42 Å². The summed E-state index contributed by atoms with van der Waals surface area (Å²) in [6.45, 7) is 0. The molecule has 5 aromatic heterocycles. The van der Waals surface area contributed by atoms with Gasteiger partial charge in [-0.1, -0.05) is 158 Å². The second-order valence-electron chi connectivity index (χ2n) is 18.2. The van der Waals surface area contributed by atoms with E-state index < -0.39 is 0 Å². The molecule has 0 aliphatic carbocycles. The van der Waals surface area contributed by atoms with Gasteiger partial charge in [-0.25, -0.2) is 15.0 Å². The van der Waals surface area contributed by atoms with E-state index in [0.29, 0.717) is 39.8 Å². The van der Waals surface area contributed by atoms with E-state index in [9.17, 15) is 5.26 Å². The Morgan fingerprint density at radius 1 is 0.417 bits per heavy atom. The van der Waals surface area contributed by atoms with Crippen LogP contribution in [-0.4, -0.2) is 24.1 Å². The zero-order valence-corrected chi connectivity index (χ0v) is 39.1. The number of aromatic nitrogens is 5. The topological polar surface area (TPSA) is 85.5 Å². The van der Waals surface area contributed by atoms with E-state index in [1.54, 1.807) is 0 Å². The normalized spacial score (nSPS) is 11.9. The van der Waals surface area contributed by atoms with Crippen molar-refractivity contribution in [1.82, 2.24) is 24.1 Å². The molecule has 15 rings (SSSR count). The molecule has 72 heavy (non-hydrogen) atoms. The number of furan rings is 1. The fourth-order valence-electron chi connectivity index (χ4n) is 11.1. The van der Waals surface area contributed by atoms with Crippen molar-refractivity contribution in [3.05, 3.63) is 224 Å². The summed E-state index contributed by atoms with van der Waals surface area (Å²) in [6.07, 6.45) is 0. The lowest BCUT2D eigenvalue weighted by molar-refractivity contribution is 0.669. The molecule has 7 nitrogen and oxygen atoms in total. The monoisotopic (exact) mass is 936 g/mol. The van der Waals surface area contributed by atoms with E-state index in [0.717, 1.165) is 88.0 Å². The number of nitrogens with zero attached hydrogens (tertiary/aromatic N) is 6. The van der Waals surface area contributed by atoms with Crippen LogP contribution in [0.4, 0.5) is 0 Å². The van der Waals surface area contributed by atoms with Gasteiger partial charge in [-0.2, -0.15) is 5.26 Å². The molecule has 0 saturated carbocycles. The standard InChI is InChI=1S/C64H36N6OS/c65-37-41-35-50(64-67-62(38-18-4-1-5-19-38)66-63(68-64)39-20-6-2-7-21-39)61-57(46-27-12-16-30-53(46)71-61)58(41)70-52-29-15-11-26-45(52)56-59(70)47(40-32-33-55-48(34-40)44-25-13-17-31-54(44)72-55)36-49-43-24-10-14-28-51(43)69(60(49)56)42-22-8-3-9-23-42/h1-36H. The Morgan fingerprint density at radius 3 is 1.72 bits per heavy atom. The van der Waals surface area contributed by atoms with Gasteiger partial charge in [0.15, 0.2) is 17.5 Å². The van der Waals surface area contributed by atoms with Crippen LogP contribution in [0.15, 0.2) is 223 Å². The summed E-state index contributed by atoms with van der Waals surface area (Å²) in [6, 6.07) is 78.5. The molecule has 0 bridgehead atoms. The Labute approximate surface area is 415 Å². The van der Waals surface area contributed by atoms with Gasteiger partial charge in [0.2, 0.25) is 0 Å². The largest absolute Gasteiger partial charge is 0.455 e. The second kappa shape index (κ2) is 15.7. The molecule has 0 amide bonds. The summed E-state index contributed by atoms with van der Waals surface area (Å²) in [7, 11) is 0. The first-order valence-electron chi connectivity index (χ1n) is 23.9. The molecule has 0 atom stereocenters. The summed E-state index contributed by atoms with van der Waals surface area (Å²) in [5.74, 6) is 1.45. The SMILES string of the molecule is N#Cc1cc(-c2nc(-c3ccccc3)nc(-c3ccccc3)n2)c2oc3ccccc3c2c1-n1c2ccccc2c2c1c(-c1ccc3sc4ccccc4c3c1)cc1c3ccccc3n(-c3ccccc3)c12. The molecule has 0 fully saturated rings. The van der Waals surface area contributed by atoms with Gasteiger partial charge in [-0.15, -0.1) is 11.3 Å². The summed E-state index contributed by atoms with van der Waals surface area (Å²) in [5, 5.41) is 20.3. The minimum atomic E-state index is 0.406. The smallest absolute Gasteiger partial charge is 0.167 e. The number of hydrogen-bond acceptors (Lipinski definition) is 6. The fraction of sp³-hybridized carbons (Fsp3) is 0. The first kappa shape index (κ1) is 40.2. The minimum Gasteiger partial charge on any atom is -0.455 e. The number of benzene rings is 10. The van der Waals surface area contributed by atoms with E-state index >= 15 is 0 Å². The quantitative estimate of drug-likeness (QED) is 0.166. The van der Waals surface area contributed by atoms with E-state index in [4.69, 9.17) is 19.4 Å². The molecule has 0 unspecified atom stereocenters. The molecule has 334 valence electrons. The van der Waals surface area contributed by atoms with Crippen LogP contribution in [0.2, 0.25) is 0 Å². The number of hydrogen-bond donors (Lipinski definition) is 0. The van der Waals surface area contributed by atoms with Crippen LogP contribution in [0.1, 0.15) is 5.56 Å². The van der Waals surface area contributed by atoms with Gasteiger partial charge in [0, 0.05) is 69.5 Å². The summed E-state index contributed by atoms with van der Waals surface area (Å²) >= 11 is 1.82. The van der Waals surface area contributed by atoms with Crippen LogP contribution < -0.4 is 0 Å². The average Bonchev–Trinajstić information content (AvgIpc) is 4.21. The van der Waals surface area contributed by atoms with Gasteiger partial charge in [0.25, 0.3) is 0 Å². The van der Waals surface area contributed by atoms with Crippen molar-refractivity contribution >= 4 is 97.1 Å². The zero-order chi connectivity index (χ0) is 47.4. The Balaban J connectivity index is 1.13. The predicted molar refractivity (Wildman–Crippen MR) is 295 cm³/mol. The maximum absolute atomic E-state index is 11.8. The van der Waals surface area contributed by atoms with Gasteiger partial charge in [0.1, 0.15) is 17.2 Å². The number of para-hydroxylation sites is 4. The van der Waals surface area contributed by atoms with Crippen LogP contribution in [0.5, 0.6) is 0 Å². The number of nitriles is 1. The third kappa shape index (κ3) is 5.92. The molecule has 5 heterocycles. The Morgan fingerprint density at radius 2 is 1.00 bits per heavy atom. The lowest BCUT2D eigenvalue weighted by atomic mass is 9.96. The lowest BCUT2D eigenvalue weighted by Crippen LogP contribution is -2.03. The predicted octanol–water partition coefficient (Wildman–Crippen LogP) is 16.9. The fourth-order valence-corrected chi connectivity index (χ4v) is 12.2. The highest BCUT2D eigenvalue weighted by Gasteiger charge is 2.30. The van der Waals surface area contributed by atoms with Crippen molar-refractivity contribution in [2.24, 2.45) is 0 Å². The number of rotatable bonds is 6. The maximum Gasteiger partial charge on any atom is 0.167 e. The van der Waals surface area contributed by atoms with Crippen LogP contribution in [0.3, 0.4) is 0 Å². The molecule has 8 heteroatoms. The van der Waals surface area contributed by atoms with E-state index in [1.165, 1.54) is 20.2 Å². The third-order valence-corrected chi connectivity index (χ3v) is 15.3. The van der Waals surface area contributed by atoms with Crippen molar-refractivity contribution in [2.75, 3.05) is 0 Å². The van der Waals surface area contributed by atoms with Crippen LogP contribution in [-0.2, 0) is 0 Å². The maximum atomic E-state index is 11.8. The number of thiophene rings is 1. The molecule has 10 aromatic carbocycles. The first-order chi connectivity index (χ1) is 35.7. The van der Waals surface area contributed by atoms with Crippen molar-refractivity contribution in [3.8, 4) is 62.7 Å². The molecule has 0 aliphatic rings. The van der Waals surface area contributed by atoms with Crippen LogP contribution in [0.25, 0.3) is 142 Å². The van der Waals surface area contributed by atoms with Gasteiger partial charge in [-0.05, 0) is 66.2 Å². The molecule has 15 aromatic rings. The van der Waals surface area contributed by atoms with Crippen molar-refractivity contribution in [3.63, 3.8) is 0 Å². The molecule has 0 aliphatic heterocycles. The molecule has 0 spiro atoms. The lowest BCUT2D eigenvalue weighted by Gasteiger charge is -2.17. The molecule has 0 N–H and O–H groups in total. The first-order valence-corrected chi connectivity index (χ1v) is 24.7. The zero-order valence-electron chi connectivity index (χ0n) is 38.3. The third-order valence-electron chi connectivity index (χ3n) is 14.2. The van der Waals surface area contributed by atoms with E-state index in [-0.39, 0.29) is 0 Å². The van der Waals surface area contributed by atoms with Crippen LogP contribution >= 0.6 is 11.3 Å². The Kier molecular flexibility index (Phi) is 8.76. The summed E-state index contributed by atoms with van der Waals surface area (Å²) in [5.41, 5.74) is 12.1. The average molecular weight is 937 g/mol. The second-order valence-corrected chi connectivity index (χ2v) is 19.3. The van der Waals surface area contributed by atoms with Gasteiger partial charge >= 0.3 is 0 Å². The van der Waals surface area contributed by atoms with Crippen LogP contribution in [0, 0.1) is 11.3 Å². The van der Waals surface area contributed by atoms with Crippen molar-refractivity contribution in [2.45, 2.75) is 0 Å². The highest BCUT2D eigenvalue weighted by molar-refractivity contribution is 7.25. The Hall–Kier alpha value is -9.68. The molecule has 0 radical (unpaired) electrons. The summed E-state index contributed by atoms with van der Waals surface area (Å²) < 4.78 is 14.3. The number of fused-ring (bicyclic) bond motifs is 13. The van der Waals surface area contributed by atoms with Crippen molar-refractivity contribution in [1.29, 1.82) is 5.26 Å². The highest BCUT2D eigenvalue weighted by atomic mass is 32.1. The molecule has 0 saturated heterocycles. The Bertz CT molecular complexity index is 4690. The minimum absolute atomic E-state index is 0.406.